The van der Waals surface area contributed by atoms with E-state index < -0.39 is 217 Å². The molecule has 0 radical (unpaired) electrons. The molecule has 2 heterocycles. The number of hydrogen-bond acceptors (Lipinski definition) is 21. The van der Waals surface area contributed by atoms with E-state index in [1.54, 1.807) is 72.2 Å². The van der Waals surface area contributed by atoms with Gasteiger partial charge >= 0.3 is 11.9 Å². The highest BCUT2D eigenvalue weighted by Gasteiger charge is 2.39. The van der Waals surface area contributed by atoms with E-state index in [4.69, 9.17) is 28.7 Å². The number of rotatable bonds is 53. The third-order valence-corrected chi connectivity index (χ3v) is 19.0. The van der Waals surface area contributed by atoms with Crippen LogP contribution in [0.15, 0.2) is 48.0 Å². The number of primary amides is 1. The number of thioether (sulfide) groups is 1. The Kier molecular flexibility index (Phi) is 42.2. The number of carbonyl (C=O) groups excluding carboxylic acids is 14. The summed E-state index contributed by atoms with van der Waals surface area (Å²) in [6.45, 7) is 15.5. The van der Waals surface area contributed by atoms with Crippen LogP contribution in [0.5, 0.6) is 0 Å². The van der Waals surface area contributed by atoms with Gasteiger partial charge in [-0.25, -0.2) is 9.78 Å². The molecule has 14 amide bonds. The Labute approximate surface area is 665 Å². The number of guanidine groups is 1. The van der Waals surface area contributed by atoms with Gasteiger partial charge in [0.2, 0.25) is 82.7 Å². The number of carbonyl (C=O) groups is 16. The molecule has 3 rings (SSSR count). The molecule has 0 unspecified atom stereocenters. The number of amides is 14. The van der Waals surface area contributed by atoms with Gasteiger partial charge in [-0.15, -0.1) is 0 Å². The number of carboxylic acids is 2. The van der Waals surface area contributed by atoms with Crippen LogP contribution in [0, 0.1) is 17.8 Å². The number of nitrogens with two attached hydrogens (primary N) is 5. The van der Waals surface area contributed by atoms with Crippen LogP contribution < -0.4 is 97.8 Å². The Morgan fingerprint density at radius 2 is 0.956 bits per heavy atom. The van der Waals surface area contributed by atoms with Gasteiger partial charge in [0.05, 0.1) is 12.4 Å². The monoisotopic (exact) mass is 1620 g/mol. The van der Waals surface area contributed by atoms with Crippen molar-refractivity contribution in [2.75, 3.05) is 25.1 Å². The molecule has 15 atom stereocenters. The van der Waals surface area contributed by atoms with Gasteiger partial charge in [-0.05, 0) is 133 Å². The van der Waals surface area contributed by atoms with Crippen LogP contribution in [0.25, 0.3) is 10.9 Å². The highest BCUT2D eigenvalue weighted by Crippen LogP contribution is 2.21. The molecule has 0 aliphatic heterocycles. The fourth-order valence-corrected chi connectivity index (χ4v) is 12.0. The van der Waals surface area contributed by atoms with Crippen LogP contribution in [-0.2, 0) is 89.6 Å². The van der Waals surface area contributed by atoms with E-state index in [0.29, 0.717) is 24.1 Å². The van der Waals surface area contributed by atoms with E-state index >= 15 is 0 Å². The van der Waals surface area contributed by atoms with Crippen molar-refractivity contribution in [2.24, 2.45) is 51.4 Å². The average molecular weight is 1620 g/mol. The molecule has 0 spiro atoms. The van der Waals surface area contributed by atoms with Crippen molar-refractivity contribution in [3.63, 3.8) is 0 Å². The molecule has 40 nitrogen and oxygen atoms in total. The lowest BCUT2D eigenvalue weighted by atomic mass is 9.96. The summed E-state index contributed by atoms with van der Waals surface area (Å²) in [6.07, 6.45) is 4.51. The number of imidazole rings is 1. The summed E-state index contributed by atoms with van der Waals surface area (Å²) in [5.41, 5.74) is 29.7. The number of carboxylic acid groups (broad SMARTS) is 2. The molecule has 2 aromatic heterocycles. The lowest BCUT2D eigenvalue weighted by Gasteiger charge is -2.30. The molecule has 0 aliphatic rings. The molecule has 634 valence electrons. The predicted molar refractivity (Wildman–Crippen MR) is 423 cm³/mol. The van der Waals surface area contributed by atoms with Crippen LogP contribution in [0.1, 0.15) is 158 Å². The molecule has 0 saturated heterocycles. The van der Waals surface area contributed by atoms with Crippen molar-refractivity contribution in [2.45, 2.75) is 244 Å². The first kappa shape index (κ1) is 97.2. The number of aliphatic carboxylic acids is 2. The number of fused-ring (bicyclic) bond motifs is 1. The highest BCUT2D eigenvalue weighted by atomic mass is 32.2. The van der Waals surface area contributed by atoms with Gasteiger partial charge < -0.3 is 118 Å². The number of nitrogens with one attached hydrogen (secondary N) is 15. The molecule has 0 aliphatic carbocycles. The number of aliphatic imine (C=N–C) groups is 1. The SMILES string of the molecule is CC[C@H](C)[C@H](NC(=O)[C@H](CCC(=O)O)NC(=O)[C@H](C)NC(=O)[C@@H](NC(=O)[C@H](C)N)C(C)C)C(=O)N[C@@H](CCC(N)=O)C(=O)N[C@@H](CC(C)C)C(=O)N[C@@H](CCSC)C(=O)N[C@@H](Cc1cnc[nH]1)C(=O)N[C@@H](C)C(=O)N[C@@H](CCCN=C(N)N)C(=O)N[C@@H](C)C(=O)N[C@@H](CCCCN)C(=O)N[C@@H](Cc1c[nH]c2ccccc12)C(=O)O. The van der Waals surface area contributed by atoms with Crippen LogP contribution in [0.2, 0.25) is 0 Å². The number of aromatic nitrogens is 3. The zero-order valence-electron chi connectivity index (χ0n) is 66.5. The normalized spacial score (nSPS) is 15.2. The number of benzene rings is 1. The minimum atomic E-state index is -1.64. The molecule has 1 aromatic carbocycles. The minimum Gasteiger partial charge on any atom is -0.481 e. The van der Waals surface area contributed by atoms with Gasteiger partial charge in [0.1, 0.15) is 78.5 Å². The van der Waals surface area contributed by atoms with Crippen LogP contribution in [0.3, 0.4) is 0 Å². The van der Waals surface area contributed by atoms with E-state index in [1.165, 1.54) is 52.0 Å². The maximum absolute atomic E-state index is 14.6. The second kappa shape index (κ2) is 49.5. The Balaban J connectivity index is 1.87. The van der Waals surface area contributed by atoms with Crippen molar-refractivity contribution in [1.29, 1.82) is 0 Å². The summed E-state index contributed by atoms with van der Waals surface area (Å²) < 4.78 is 0. The topological polar surface area (TPSA) is 657 Å². The lowest BCUT2D eigenvalue weighted by molar-refractivity contribution is -0.142. The first-order valence-corrected chi connectivity index (χ1v) is 39.3. The van der Waals surface area contributed by atoms with Gasteiger partial charge in [-0.2, -0.15) is 11.8 Å². The van der Waals surface area contributed by atoms with Gasteiger partial charge in [-0.1, -0.05) is 66.2 Å². The largest absolute Gasteiger partial charge is 0.481 e. The first-order valence-electron chi connectivity index (χ1n) is 37.9. The van der Waals surface area contributed by atoms with Crippen molar-refractivity contribution in [1.82, 2.24) is 84.1 Å². The standard InChI is InChI=1S/C73H118N22O18S/c1-12-38(6)58(95-67(107)50(23-25-56(97)98)88-62(102)42(10)85-70(110)57(37(4)5)94-59(99)39(7)75)71(111)90-49(22-24-55(76)96)65(105)91-52(30-36(2)3)69(109)89-51(26-29-114-11)66(106)92-53(32-44-34-79-35-82-44)68(108)84-41(9)61(101)87-48(21-17-28-80-73(77)78)63(103)83-40(8)60(100)86-47(20-15-16-27-74)64(104)93-54(72(112)113)31-43-33-81-46-19-14-13-18-45(43)46/h13-14,18-19,33-42,47-54,57-58,81H,12,15-17,20-32,74-75H2,1-11H3,(H2,76,96)(H,79,82)(H,83,103)(H,84,108)(H,85,110)(H,86,100)(H,87,101)(H,88,102)(H,89,109)(H,90,111)(H,91,105)(H,92,106)(H,93,104)(H,94,99)(H,95,107)(H,97,98)(H,112,113)(H4,77,78,80)/t38-,39-,40-,41-,42-,47-,48-,49-,50-,51-,52-,53-,54-,57-,58-/m0/s1. The van der Waals surface area contributed by atoms with Crippen molar-refractivity contribution in [3.05, 3.63) is 54.2 Å². The van der Waals surface area contributed by atoms with E-state index in [-0.39, 0.29) is 82.1 Å². The van der Waals surface area contributed by atoms with Crippen molar-refractivity contribution >= 4 is 123 Å². The van der Waals surface area contributed by atoms with Gasteiger partial charge in [0.15, 0.2) is 5.96 Å². The predicted octanol–water partition coefficient (Wildman–Crippen LogP) is -3.72. The number of para-hydroxylation sites is 1. The third kappa shape index (κ3) is 34.2. The molecule has 0 saturated carbocycles. The molecular formula is C73H118N22O18S. The Morgan fingerprint density at radius 1 is 0.500 bits per heavy atom. The Hall–Kier alpha value is -11.0. The van der Waals surface area contributed by atoms with Crippen LogP contribution in [0.4, 0.5) is 0 Å². The highest BCUT2D eigenvalue weighted by molar-refractivity contribution is 7.98. The minimum absolute atomic E-state index is 0.00668. The third-order valence-electron chi connectivity index (χ3n) is 18.4. The molecular weight excluding hydrogens is 1510 g/mol. The molecule has 0 bridgehead atoms. The summed E-state index contributed by atoms with van der Waals surface area (Å²) in [5, 5.41) is 53.9. The van der Waals surface area contributed by atoms with Crippen LogP contribution >= 0.6 is 11.8 Å². The number of H-pyrrole nitrogens is 2. The smallest absolute Gasteiger partial charge is 0.326 e. The maximum Gasteiger partial charge on any atom is 0.326 e. The number of aromatic amines is 2. The molecule has 114 heavy (non-hydrogen) atoms. The van der Waals surface area contributed by atoms with Crippen LogP contribution in [-0.4, -0.2) is 235 Å². The second-order valence-electron chi connectivity index (χ2n) is 28.8. The summed E-state index contributed by atoms with van der Waals surface area (Å²) in [4.78, 5) is 233. The molecule has 41 heteroatoms. The molecule has 0 fully saturated rings. The van der Waals surface area contributed by atoms with E-state index in [1.807, 2.05) is 6.07 Å². The zero-order chi connectivity index (χ0) is 85.6. The van der Waals surface area contributed by atoms with E-state index in [9.17, 15) is 86.9 Å². The summed E-state index contributed by atoms with van der Waals surface area (Å²) in [5.74, 6) is -16.7. The number of unbranched alkanes of at least 4 members (excludes halogenated alkanes) is 1. The Bertz CT molecular complexity index is 3780. The molecule has 27 N–H and O–H groups in total. The quantitative estimate of drug-likeness (QED) is 0.0147. The fourth-order valence-electron chi connectivity index (χ4n) is 11.5. The van der Waals surface area contributed by atoms with Crippen molar-refractivity contribution in [3.8, 4) is 0 Å². The maximum atomic E-state index is 14.6. The van der Waals surface area contributed by atoms with Gasteiger partial charge in [0, 0.05) is 61.2 Å². The zero-order valence-corrected chi connectivity index (χ0v) is 67.3. The fraction of sp³-hybridized carbons (Fsp3) is 0.616. The summed E-state index contributed by atoms with van der Waals surface area (Å²) in [6, 6.07) is -12.3. The summed E-state index contributed by atoms with van der Waals surface area (Å²) >= 11 is 1.30. The van der Waals surface area contributed by atoms with Gasteiger partial charge in [-0.3, -0.25) is 76.9 Å². The van der Waals surface area contributed by atoms with E-state index in [0.717, 1.165) is 10.9 Å². The van der Waals surface area contributed by atoms with Crippen molar-refractivity contribution < 1.29 is 86.9 Å². The van der Waals surface area contributed by atoms with E-state index in [2.05, 4.69) is 89.1 Å². The number of hydrogen-bond donors (Lipinski definition) is 22. The second-order valence-corrected chi connectivity index (χ2v) is 29.8. The Morgan fingerprint density at radius 3 is 1.46 bits per heavy atom. The molecule has 3 aromatic rings. The number of nitrogens with zero attached hydrogens (tertiary/aromatic N) is 2. The summed E-state index contributed by atoms with van der Waals surface area (Å²) in [7, 11) is 0. The average Bonchev–Trinajstić information content (AvgIpc) is 1.66. The van der Waals surface area contributed by atoms with Gasteiger partial charge in [0.25, 0.3) is 0 Å². The first-order chi connectivity index (χ1) is 53.7. The lowest BCUT2D eigenvalue weighted by Crippen LogP contribution is -2.61.